The van der Waals surface area contributed by atoms with Crippen molar-refractivity contribution in [2.45, 2.75) is 30.6 Å². The first-order valence-corrected chi connectivity index (χ1v) is 10.5. The monoisotopic (exact) mass is 398 g/mol. The number of amides is 2. The van der Waals surface area contributed by atoms with Crippen molar-refractivity contribution in [3.63, 3.8) is 0 Å². The fraction of sp³-hybridized carbons (Fsp3) is 0.556. The highest BCUT2D eigenvalue weighted by Gasteiger charge is 2.20. The van der Waals surface area contributed by atoms with Gasteiger partial charge in [-0.05, 0) is 31.4 Å². The number of nitrogens with zero attached hydrogens (tertiary/aromatic N) is 1. The van der Waals surface area contributed by atoms with Crippen LogP contribution in [0.4, 0.5) is 0 Å². The van der Waals surface area contributed by atoms with Crippen molar-refractivity contribution >= 4 is 21.7 Å². The zero-order valence-corrected chi connectivity index (χ0v) is 16.5. The van der Waals surface area contributed by atoms with Gasteiger partial charge < -0.3 is 19.7 Å². The van der Waals surface area contributed by atoms with Crippen LogP contribution in [0.15, 0.2) is 23.1 Å². The topological polar surface area (TPSA) is 102 Å². The minimum absolute atomic E-state index is 0.0531. The van der Waals surface area contributed by atoms with Crippen molar-refractivity contribution < 1.29 is 27.5 Å². The number of sulfone groups is 1. The lowest BCUT2D eigenvalue weighted by Gasteiger charge is -2.26. The van der Waals surface area contributed by atoms with Gasteiger partial charge in [-0.25, -0.2) is 8.42 Å². The maximum absolute atomic E-state index is 12.4. The van der Waals surface area contributed by atoms with E-state index in [9.17, 15) is 18.0 Å². The number of carbonyl (C=O) groups is 2. The average Bonchev–Trinajstić information content (AvgIpc) is 2.70. The summed E-state index contributed by atoms with van der Waals surface area (Å²) in [5.41, 5.74) is 0. The van der Waals surface area contributed by atoms with Gasteiger partial charge in [-0.1, -0.05) is 0 Å². The molecule has 1 fully saturated rings. The summed E-state index contributed by atoms with van der Waals surface area (Å²) in [5, 5.41) is 2.51. The molecule has 1 saturated heterocycles. The molecule has 2 rings (SSSR count). The summed E-state index contributed by atoms with van der Waals surface area (Å²) in [6, 6.07) is 4.28. The van der Waals surface area contributed by atoms with E-state index in [1.807, 2.05) is 0 Å². The van der Waals surface area contributed by atoms with Gasteiger partial charge in [0.2, 0.25) is 11.8 Å². The van der Waals surface area contributed by atoms with Crippen LogP contribution in [0.25, 0.3) is 0 Å². The van der Waals surface area contributed by atoms with Gasteiger partial charge in [-0.2, -0.15) is 0 Å². The first kappa shape index (κ1) is 21.0. The van der Waals surface area contributed by atoms with Gasteiger partial charge in [0.1, 0.15) is 0 Å². The number of piperidine rings is 1. The molecule has 2 amide bonds. The zero-order valence-electron chi connectivity index (χ0n) is 15.7. The maximum Gasteiger partial charge on any atom is 0.241 e. The minimum Gasteiger partial charge on any atom is -0.493 e. The maximum atomic E-state index is 12.4. The molecule has 0 bridgehead atoms. The van der Waals surface area contributed by atoms with Crippen LogP contribution in [0.1, 0.15) is 25.7 Å². The van der Waals surface area contributed by atoms with Crippen LogP contribution in [0.5, 0.6) is 11.5 Å². The second-order valence-electron chi connectivity index (χ2n) is 6.30. The van der Waals surface area contributed by atoms with E-state index in [1.165, 1.54) is 32.4 Å². The molecule has 0 unspecified atom stereocenters. The molecule has 0 aromatic heterocycles. The van der Waals surface area contributed by atoms with E-state index in [1.54, 1.807) is 4.90 Å². The van der Waals surface area contributed by atoms with Crippen LogP contribution in [0, 0.1) is 0 Å². The van der Waals surface area contributed by atoms with E-state index in [2.05, 4.69) is 5.32 Å². The van der Waals surface area contributed by atoms with Crippen molar-refractivity contribution in [3.05, 3.63) is 18.2 Å². The summed E-state index contributed by atoms with van der Waals surface area (Å²) >= 11 is 0. The Kier molecular flexibility index (Phi) is 7.46. The Balaban J connectivity index is 1.87. The van der Waals surface area contributed by atoms with Crippen molar-refractivity contribution in [1.82, 2.24) is 10.2 Å². The van der Waals surface area contributed by atoms with Gasteiger partial charge in [0.05, 0.1) is 31.4 Å². The molecule has 1 N–H and O–H groups in total. The van der Waals surface area contributed by atoms with Crippen LogP contribution in [-0.4, -0.2) is 64.7 Å². The first-order chi connectivity index (χ1) is 12.9. The van der Waals surface area contributed by atoms with Crippen molar-refractivity contribution in [2.24, 2.45) is 0 Å². The Hall–Kier alpha value is -2.29. The molecule has 0 spiro atoms. The average molecular weight is 398 g/mol. The van der Waals surface area contributed by atoms with E-state index >= 15 is 0 Å². The fourth-order valence-corrected chi connectivity index (χ4v) is 4.12. The van der Waals surface area contributed by atoms with Crippen LogP contribution < -0.4 is 14.8 Å². The number of hydrogen-bond donors (Lipinski definition) is 1. The van der Waals surface area contributed by atoms with Crippen molar-refractivity contribution in [2.75, 3.05) is 39.6 Å². The highest BCUT2D eigenvalue weighted by molar-refractivity contribution is 7.91. The summed E-state index contributed by atoms with van der Waals surface area (Å²) in [6.45, 7) is 1.32. The van der Waals surface area contributed by atoms with Gasteiger partial charge >= 0.3 is 0 Å². The highest BCUT2D eigenvalue weighted by Crippen LogP contribution is 2.29. The molecule has 27 heavy (non-hydrogen) atoms. The zero-order chi connectivity index (χ0) is 19.9. The largest absolute Gasteiger partial charge is 0.493 e. The molecule has 0 radical (unpaired) electrons. The molecule has 1 aromatic rings. The van der Waals surface area contributed by atoms with Crippen molar-refractivity contribution in [3.8, 4) is 11.5 Å². The van der Waals surface area contributed by atoms with E-state index in [-0.39, 0.29) is 29.5 Å². The third kappa shape index (κ3) is 5.85. The number of carbonyl (C=O) groups excluding carboxylic acids is 2. The molecule has 1 heterocycles. The van der Waals surface area contributed by atoms with Crippen molar-refractivity contribution in [1.29, 1.82) is 0 Å². The lowest BCUT2D eigenvalue weighted by Crippen LogP contribution is -2.42. The molecule has 150 valence electrons. The van der Waals surface area contributed by atoms with Crippen LogP contribution in [0.3, 0.4) is 0 Å². The number of benzene rings is 1. The van der Waals surface area contributed by atoms with Gasteiger partial charge in [-0.15, -0.1) is 0 Å². The molecular formula is C18H26N2O6S. The quantitative estimate of drug-likeness (QED) is 0.701. The second-order valence-corrected chi connectivity index (χ2v) is 8.41. The summed E-state index contributed by atoms with van der Waals surface area (Å²) in [7, 11) is -0.786. The van der Waals surface area contributed by atoms with Crippen LogP contribution >= 0.6 is 0 Å². The second kappa shape index (κ2) is 9.59. The smallest absolute Gasteiger partial charge is 0.241 e. The first-order valence-electron chi connectivity index (χ1n) is 8.86. The molecule has 8 nitrogen and oxygen atoms in total. The SMILES string of the molecule is COc1ccc(S(=O)(=O)CCC(=O)NCC(=O)N2CCCCC2)cc1OC. The summed E-state index contributed by atoms with van der Waals surface area (Å²) in [5.74, 6) is -0.234. The molecule has 9 heteroatoms. The Morgan fingerprint density at radius 3 is 2.37 bits per heavy atom. The third-order valence-corrected chi connectivity index (χ3v) is 6.17. The van der Waals surface area contributed by atoms with E-state index in [4.69, 9.17) is 9.47 Å². The van der Waals surface area contributed by atoms with Crippen LogP contribution in [-0.2, 0) is 19.4 Å². The Labute approximate surface area is 159 Å². The fourth-order valence-electron chi connectivity index (χ4n) is 2.87. The minimum atomic E-state index is -3.66. The standard InChI is InChI=1S/C18H26N2O6S/c1-25-15-7-6-14(12-16(15)26-2)27(23,24)11-8-17(21)19-13-18(22)20-9-4-3-5-10-20/h6-7,12H,3-5,8-11,13H2,1-2H3,(H,19,21). The van der Waals surface area contributed by atoms with E-state index in [0.29, 0.717) is 24.6 Å². The third-order valence-electron chi connectivity index (χ3n) is 4.46. The van der Waals surface area contributed by atoms with Gasteiger partial charge in [0, 0.05) is 25.6 Å². The predicted octanol–water partition coefficient (Wildman–Crippen LogP) is 0.996. The highest BCUT2D eigenvalue weighted by atomic mass is 32.2. The normalized spacial score (nSPS) is 14.5. The summed E-state index contributed by atoms with van der Waals surface area (Å²) in [6.07, 6.45) is 2.85. The predicted molar refractivity (Wildman–Crippen MR) is 99.7 cm³/mol. The number of likely N-dealkylation sites (tertiary alicyclic amines) is 1. The number of ether oxygens (including phenoxy) is 2. The Morgan fingerprint density at radius 1 is 1.07 bits per heavy atom. The summed E-state index contributed by atoms with van der Waals surface area (Å²) < 4.78 is 35.1. The number of hydrogen-bond acceptors (Lipinski definition) is 6. The lowest BCUT2D eigenvalue weighted by molar-refractivity contribution is -0.133. The summed E-state index contributed by atoms with van der Waals surface area (Å²) in [4.78, 5) is 25.7. The molecule has 0 saturated carbocycles. The molecular weight excluding hydrogens is 372 g/mol. The molecule has 0 aliphatic carbocycles. The molecule has 1 aliphatic rings. The van der Waals surface area contributed by atoms with Crippen LogP contribution in [0.2, 0.25) is 0 Å². The Bertz CT molecular complexity index is 772. The lowest BCUT2D eigenvalue weighted by atomic mass is 10.1. The number of nitrogens with one attached hydrogen (secondary N) is 1. The number of rotatable bonds is 8. The van der Waals surface area contributed by atoms with Gasteiger partial charge in [0.15, 0.2) is 21.3 Å². The van der Waals surface area contributed by atoms with E-state index < -0.39 is 15.7 Å². The molecule has 1 aromatic carbocycles. The number of methoxy groups -OCH3 is 2. The van der Waals surface area contributed by atoms with Gasteiger partial charge in [-0.3, -0.25) is 9.59 Å². The molecule has 0 atom stereocenters. The Morgan fingerprint density at radius 2 is 1.74 bits per heavy atom. The van der Waals surface area contributed by atoms with Gasteiger partial charge in [0.25, 0.3) is 0 Å². The molecule has 1 aliphatic heterocycles. The van der Waals surface area contributed by atoms with E-state index in [0.717, 1.165) is 19.3 Å².